The minimum atomic E-state index is -3.35. The predicted molar refractivity (Wildman–Crippen MR) is 63.9 cm³/mol. The van der Waals surface area contributed by atoms with Crippen LogP contribution >= 0.6 is 11.6 Å². The van der Waals surface area contributed by atoms with Crippen LogP contribution in [-0.2, 0) is 10.0 Å². The van der Waals surface area contributed by atoms with Crippen LogP contribution in [0.4, 0.5) is 5.82 Å². The van der Waals surface area contributed by atoms with Crippen molar-refractivity contribution in [3.05, 3.63) is 17.5 Å². The zero-order valence-electron chi connectivity index (χ0n) is 9.14. The van der Waals surface area contributed by atoms with E-state index in [1.807, 2.05) is 13.8 Å². The van der Waals surface area contributed by atoms with E-state index in [4.69, 9.17) is 11.6 Å². The highest BCUT2D eigenvalue weighted by Gasteiger charge is 2.12. The van der Waals surface area contributed by atoms with E-state index in [-0.39, 0.29) is 16.9 Å². The van der Waals surface area contributed by atoms with Gasteiger partial charge in [-0.3, -0.25) is 4.72 Å². The molecule has 1 aromatic rings. The molecule has 0 saturated carbocycles. The van der Waals surface area contributed by atoms with Gasteiger partial charge in [0.25, 0.3) is 0 Å². The Kier molecular flexibility index (Phi) is 4.49. The monoisotopic (exact) mass is 263 g/mol. The number of aromatic nitrogens is 2. The molecule has 0 radical (unpaired) electrons. The quantitative estimate of drug-likeness (QED) is 0.824. The molecule has 5 nitrogen and oxygen atoms in total. The SMILES string of the molecule is CC(C)CCS(=O)(=O)Nc1ccnc(Cl)n1. The maximum Gasteiger partial charge on any atom is 0.233 e. The largest absolute Gasteiger partial charge is 0.267 e. The Morgan fingerprint density at radius 3 is 2.75 bits per heavy atom. The van der Waals surface area contributed by atoms with E-state index in [0.29, 0.717) is 12.3 Å². The van der Waals surface area contributed by atoms with Crippen molar-refractivity contribution in [1.82, 2.24) is 9.97 Å². The maximum atomic E-state index is 11.6. The van der Waals surface area contributed by atoms with E-state index in [1.54, 1.807) is 0 Å². The molecule has 7 heteroatoms. The maximum absolute atomic E-state index is 11.6. The zero-order chi connectivity index (χ0) is 12.2. The number of anilines is 1. The van der Waals surface area contributed by atoms with E-state index in [9.17, 15) is 8.42 Å². The number of nitrogens with one attached hydrogen (secondary N) is 1. The van der Waals surface area contributed by atoms with E-state index >= 15 is 0 Å². The van der Waals surface area contributed by atoms with E-state index in [2.05, 4.69) is 14.7 Å². The molecule has 0 amide bonds. The van der Waals surface area contributed by atoms with E-state index in [0.717, 1.165) is 0 Å². The highest BCUT2D eigenvalue weighted by Crippen LogP contribution is 2.10. The van der Waals surface area contributed by atoms with Crippen molar-refractivity contribution in [3.8, 4) is 0 Å². The normalized spacial score (nSPS) is 11.8. The second-order valence-corrected chi connectivity index (χ2v) is 5.99. The third-order valence-electron chi connectivity index (χ3n) is 1.85. The molecule has 0 bridgehead atoms. The van der Waals surface area contributed by atoms with Crippen molar-refractivity contribution in [3.63, 3.8) is 0 Å². The van der Waals surface area contributed by atoms with Crippen LogP contribution in [0.3, 0.4) is 0 Å². The minimum Gasteiger partial charge on any atom is -0.267 e. The van der Waals surface area contributed by atoms with Crippen LogP contribution in [0.25, 0.3) is 0 Å². The topological polar surface area (TPSA) is 72.0 Å². The molecule has 1 N–H and O–H groups in total. The van der Waals surface area contributed by atoms with Crippen molar-refractivity contribution in [1.29, 1.82) is 0 Å². The average molecular weight is 264 g/mol. The fraction of sp³-hybridized carbons (Fsp3) is 0.556. The van der Waals surface area contributed by atoms with Gasteiger partial charge in [-0.15, -0.1) is 0 Å². The van der Waals surface area contributed by atoms with Crippen molar-refractivity contribution >= 4 is 27.4 Å². The van der Waals surface area contributed by atoms with Gasteiger partial charge in [-0.2, -0.15) is 4.98 Å². The lowest BCUT2D eigenvalue weighted by Crippen LogP contribution is -2.18. The Bertz CT molecular complexity index is 448. The summed E-state index contributed by atoms with van der Waals surface area (Å²) < 4.78 is 25.6. The van der Waals surface area contributed by atoms with Crippen molar-refractivity contribution in [2.45, 2.75) is 20.3 Å². The highest BCUT2D eigenvalue weighted by atomic mass is 35.5. The van der Waals surface area contributed by atoms with Gasteiger partial charge in [0, 0.05) is 6.20 Å². The van der Waals surface area contributed by atoms with Gasteiger partial charge in [0.05, 0.1) is 5.75 Å². The molecule has 0 aliphatic carbocycles. The number of nitrogens with zero attached hydrogens (tertiary/aromatic N) is 2. The van der Waals surface area contributed by atoms with Gasteiger partial charge < -0.3 is 0 Å². The van der Waals surface area contributed by atoms with Crippen LogP contribution in [0.5, 0.6) is 0 Å². The summed E-state index contributed by atoms with van der Waals surface area (Å²) in [6, 6.07) is 1.46. The standard InChI is InChI=1S/C9H14ClN3O2S/c1-7(2)4-6-16(14,15)13-8-3-5-11-9(10)12-8/h3,5,7H,4,6H2,1-2H3,(H,11,12,13). The summed E-state index contributed by atoms with van der Waals surface area (Å²) in [7, 11) is -3.35. The second kappa shape index (κ2) is 5.45. The van der Waals surface area contributed by atoms with Crippen molar-refractivity contribution in [2.24, 2.45) is 5.92 Å². The third kappa shape index (κ3) is 4.76. The first-order valence-electron chi connectivity index (χ1n) is 4.88. The highest BCUT2D eigenvalue weighted by molar-refractivity contribution is 7.92. The number of halogens is 1. The minimum absolute atomic E-state index is 0.0176. The molecule has 0 unspecified atom stereocenters. The average Bonchev–Trinajstić information content (AvgIpc) is 2.14. The van der Waals surface area contributed by atoms with Crippen LogP contribution in [0.2, 0.25) is 5.28 Å². The summed E-state index contributed by atoms with van der Waals surface area (Å²) in [6.07, 6.45) is 2.00. The number of rotatable bonds is 5. The summed E-state index contributed by atoms with van der Waals surface area (Å²) in [5.74, 6) is 0.612. The lowest BCUT2D eigenvalue weighted by atomic mass is 10.2. The first-order chi connectivity index (χ1) is 7.39. The molecule has 90 valence electrons. The lowest BCUT2D eigenvalue weighted by molar-refractivity contribution is 0.578. The van der Waals surface area contributed by atoms with Crippen LogP contribution in [0.15, 0.2) is 12.3 Å². The van der Waals surface area contributed by atoms with Gasteiger partial charge >= 0.3 is 0 Å². The Morgan fingerprint density at radius 2 is 2.19 bits per heavy atom. The second-order valence-electron chi connectivity index (χ2n) is 3.81. The van der Waals surface area contributed by atoms with Gasteiger partial charge in [-0.25, -0.2) is 13.4 Å². The lowest BCUT2D eigenvalue weighted by Gasteiger charge is -2.08. The summed E-state index contributed by atoms with van der Waals surface area (Å²) in [6.45, 7) is 3.94. The predicted octanol–water partition coefficient (Wildman–Crippen LogP) is 1.92. The summed E-state index contributed by atoms with van der Waals surface area (Å²) in [4.78, 5) is 7.41. The first kappa shape index (κ1) is 13.2. The number of hydrogen-bond donors (Lipinski definition) is 1. The fourth-order valence-electron chi connectivity index (χ4n) is 0.993. The Hall–Kier alpha value is -0.880. The van der Waals surface area contributed by atoms with Crippen molar-refractivity contribution < 1.29 is 8.42 Å². The van der Waals surface area contributed by atoms with Gasteiger partial charge in [0.15, 0.2) is 0 Å². The van der Waals surface area contributed by atoms with E-state index in [1.165, 1.54) is 12.3 Å². The molecule has 1 aromatic heterocycles. The summed E-state index contributed by atoms with van der Waals surface area (Å²) in [5, 5.41) is 0.0176. The summed E-state index contributed by atoms with van der Waals surface area (Å²) in [5.41, 5.74) is 0. The molecule has 0 aliphatic rings. The molecule has 0 fully saturated rings. The third-order valence-corrected chi connectivity index (χ3v) is 3.33. The molecule has 0 aliphatic heterocycles. The van der Waals surface area contributed by atoms with Crippen LogP contribution in [0.1, 0.15) is 20.3 Å². The van der Waals surface area contributed by atoms with Crippen molar-refractivity contribution in [2.75, 3.05) is 10.5 Å². The summed E-state index contributed by atoms with van der Waals surface area (Å²) >= 11 is 5.54. The van der Waals surface area contributed by atoms with Gasteiger partial charge in [-0.1, -0.05) is 13.8 Å². The smallest absolute Gasteiger partial charge is 0.233 e. The fourth-order valence-corrected chi connectivity index (χ4v) is 2.46. The van der Waals surface area contributed by atoms with Gasteiger partial charge in [0.1, 0.15) is 5.82 Å². The Labute approximate surface area is 100 Å². The van der Waals surface area contributed by atoms with Gasteiger partial charge in [0.2, 0.25) is 15.3 Å². The number of sulfonamides is 1. The van der Waals surface area contributed by atoms with Gasteiger partial charge in [-0.05, 0) is 30.0 Å². The first-order valence-corrected chi connectivity index (χ1v) is 6.91. The molecule has 1 heterocycles. The molecule has 0 atom stereocenters. The molecule has 0 aromatic carbocycles. The molecular formula is C9H14ClN3O2S. The molecule has 1 rings (SSSR count). The Balaban J connectivity index is 2.66. The zero-order valence-corrected chi connectivity index (χ0v) is 10.7. The molecule has 0 saturated heterocycles. The Morgan fingerprint density at radius 1 is 1.50 bits per heavy atom. The molecule has 16 heavy (non-hydrogen) atoms. The van der Waals surface area contributed by atoms with Crippen LogP contribution in [-0.4, -0.2) is 24.1 Å². The number of hydrogen-bond acceptors (Lipinski definition) is 4. The van der Waals surface area contributed by atoms with Crippen LogP contribution in [0, 0.1) is 5.92 Å². The molecule has 0 spiro atoms. The van der Waals surface area contributed by atoms with E-state index < -0.39 is 10.0 Å². The van der Waals surface area contributed by atoms with Crippen LogP contribution < -0.4 is 4.72 Å². The molecular weight excluding hydrogens is 250 g/mol.